The van der Waals surface area contributed by atoms with Gasteiger partial charge in [-0.15, -0.1) is 0 Å². The molecule has 34 heavy (non-hydrogen) atoms. The highest BCUT2D eigenvalue weighted by molar-refractivity contribution is 5.96. The summed E-state index contributed by atoms with van der Waals surface area (Å²) in [7, 11) is 0. The van der Waals surface area contributed by atoms with E-state index in [0.29, 0.717) is 43.7 Å². The van der Waals surface area contributed by atoms with E-state index in [9.17, 15) is 19.2 Å². The molecule has 0 bridgehead atoms. The van der Waals surface area contributed by atoms with Crippen molar-refractivity contribution in [2.45, 2.75) is 78.6 Å². The maximum atomic E-state index is 13.9. The van der Waals surface area contributed by atoms with Crippen LogP contribution >= 0.6 is 0 Å². The van der Waals surface area contributed by atoms with Crippen molar-refractivity contribution in [2.24, 2.45) is 46.3 Å². The topological polar surface area (TPSA) is 68.3 Å². The number of hydrogen-bond acceptors (Lipinski definition) is 4. The summed E-state index contributed by atoms with van der Waals surface area (Å²) in [5.74, 6) is 1.83. The lowest BCUT2D eigenvalue weighted by Gasteiger charge is -2.58. The molecule has 0 amide bonds. The number of Topliss-reactive ketones (excluding diaryl/α,β-unsaturated/α-hetero) is 4. The molecule has 8 unspecified atom stereocenters. The molecule has 1 aromatic rings. The molecule has 4 saturated carbocycles. The molecule has 5 rings (SSSR count). The fourth-order valence-electron chi connectivity index (χ4n) is 8.72. The van der Waals surface area contributed by atoms with Gasteiger partial charge < -0.3 is 0 Å². The van der Waals surface area contributed by atoms with Crippen LogP contribution in [0.3, 0.4) is 0 Å². The highest BCUT2D eigenvalue weighted by atomic mass is 16.1. The van der Waals surface area contributed by atoms with Crippen LogP contribution in [0.2, 0.25) is 0 Å². The summed E-state index contributed by atoms with van der Waals surface area (Å²) in [6.07, 6.45) is 6.08. The van der Waals surface area contributed by atoms with E-state index >= 15 is 0 Å². The molecule has 4 nitrogen and oxygen atoms in total. The van der Waals surface area contributed by atoms with Gasteiger partial charge in [-0.2, -0.15) is 0 Å². The smallest absolute Gasteiger partial charge is 0.162 e. The van der Waals surface area contributed by atoms with Crippen molar-refractivity contribution in [1.29, 1.82) is 0 Å². The second-order valence-corrected chi connectivity index (χ2v) is 12.3. The molecule has 4 fully saturated rings. The second-order valence-electron chi connectivity index (χ2n) is 12.3. The zero-order valence-corrected chi connectivity index (χ0v) is 20.8. The van der Waals surface area contributed by atoms with E-state index in [1.165, 1.54) is 0 Å². The van der Waals surface area contributed by atoms with Gasteiger partial charge in [0, 0.05) is 49.0 Å². The molecule has 4 heteroatoms. The number of fused-ring (bicyclic) bond motifs is 5. The molecule has 0 aliphatic heterocycles. The van der Waals surface area contributed by atoms with Gasteiger partial charge in [-0.25, -0.2) is 0 Å². The number of carbonyl (C=O) groups excluding carboxylic acids is 4. The van der Waals surface area contributed by atoms with Crippen molar-refractivity contribution in [2.75, 3.05) is 0 Å². The number of hydrogen-bond donors (Lipinski definition) is 0. The van der Waals surface area contributed by atoms with Crippen molar-refractivity contribution in [3.8, 4) is 0 Å². The van der Waals surface area contributed by atoms with Crippen molar-refractivity contribution in [1.82, 2.24) is 0 Å². The fraction of sp³-hybridized carbons (Fsp3) is 0.667. The summed E-state index contributed by atoms with van der Waals surface area (Å²) < 4.78 is 0. The maximum Gasteiger partial charge on any atom is 0.162 e. The summed E-state index contributed by atoms with van der Waals surface area (Å²) in [5, 5.41) is 0. The molecule has 4 aliphatic carbocycles. The summed E-state index contributed by atoms with van der Waals surface area (Å²) in [5.41, 5.74) is 0.206. The van der Waals surface area contributed by atoms with Crippen molar-refractivity contribution >= 4 is 23.1 Å². The third-order valence-electron chi connectivity index (χ3n) is 10.8. The minimum absolute atomic E-state index is 0.0414. The average Bonchev–Trinajstić information content (AvgIpc) is 3.18. The van der Waals surface area contributed by atoms with Gasteiger partial charge in [0.05, 0.1) is 0 Å². The van der Waals surface area contributed by atoms with Crippen molar-refractivity contribution < 1.29 is 19.2 Å². The molecule has 0 saturated heterocycles. The lowest BCUT2D eigenvalue weighted by molar-refractivity contribution is -0.166. The Morgan fingerprint density at radius 1 is 1.00 bits per heavy atom. The van der Waals surface area contributed by atoms with Gasteiger partial charge in [0.1, 0.15) is 17.3 Å². The molecule has 182 valence electrons. The molecule has 1 aromatic carbocycles. The molecule has 8 atom stereocenters. The van der Waals surface area contributed by atoms with Crippen LogP contribution in [0.5, 0.6) is 0 Å². The van der Waals surface area contributed by atoms with Gasteiger partial charge in [-0.1, -0.05) is 51.1 Å². The highest BCUT2D eigenvalue weighted by Gasteiger charge is 2.66. The lowest BCUT2D eigenvalue weighted by atomic mass is 9.44. The fourth-order valence-corrected chi connectivity index (χ4v) is 8.72. The first-order valence-electron chi connectivity index (χ1n) is 13.3. The standard InChI is InChI=1S/C30H38O4/c1-18(9-12-25(32)19-7-5-4-6-8-19)22-10-11-23-28-24(17-27(34)30(22,23)3)29(2)14-13-21(31)15-20(29)16-26(28)33/h4-8,18,20,22-24,28H,9-17H2,1-3H3. The van der Waals surface area contributed by atoms with E-state index in [-0.39, 0.29) is 52.5 Å². The Labute approximate surface area is 203 Å². The van der Waals surface area contributed by atoms with Gasteiger partial charge in [0.25, 0.3) is 0 Å². The monoisotopic (exact) mass is 462 g/mol. The van der Waals surface area contributed by atoms with Gasteiger partial charge >= 0.3 is 0 Å². The first-order valence-corrected chi connectivity index (χ1v) is 13.3. The first-order chi connectivity index (χ1) is 16.2. The number of carbonyl (C=O) groups is 4. The third-order valence-corrected chi connectivity index (χ3v) is 10.8. The molecule has 0 spiro atoms. The zero-order valence-electron chi connectivity index (χ0n) is 20.8. The van der Waals surface area contributed by atoms with E-state index < -0.39 is 5.41 Å². The molecule has 0 N–H and O–H groups in total. The molecule has 0 aromatic heterocycles. The van der Waals surface area contributed by atoms with Gasteiger partial charge in [-0.05, 0) is 60.7 Å². The average molecular weight is 463 g/mol. The minimum Gasteiger partial charge on any atom is -0.300 e. The molecule has 0 radical (unpaired) electrons. The molecular weight excluding hydrogens is 424 g/mol. The summed E-state index contributed by atoms with van der Waals surface area (Å²) >= 11 is 0. The van der Waals surface area contributed by atoms with E-state index in [1.807, 2.05) is 30.3 Å². The third kappa shape index (κ3) is 3.55. The Bertz CT molecular complexity index is 1010. The molecule has 4 aliphatic rings. The van der Waals surface area contributed by atoms with Crippen LogP contribution in [-0.2, 0) is 14.4 Å². The predicted octanol–water partition coefficient (Wildman–Crippen LogP) is 5.87. The van der Waals surface area contributed by atoms with Crippen LogP contribution in [0.1, 0.15) is 88.9 Å². The second kappa shape index (κ2) is 8.53. The lowest BCUT2D eigenvalue weighted by Crippen LogP contribution is -2.60. The van der Waals surface area contributed by atoms with Crippen LogP contribution in [0.25, 0.3) is 0 Å². The van der Waals surface area contributed by atoms with Crippen molar-refractivity contribution in [3.63, 3.8) is 0 Å². The quantitative estimate of drug-likeness (QED) is 0.513. The zero-order chi connectivity index (χ0) is 24.3. The van der Waals surface area contributed by atoms with Gasteiger partial charge in [-0.3, -0.25) is 19.2 Å². The van der Waals surface area contributed by atoms with E-state index in [0.717, 1.165) is 31.2 Å². The summed E-state index contributed by atoms with van der Waals surface area (Å²) in [4.78, 5) is 52.2. The Balaban J connectivity index is 1.35. The number of benzene rings is 1. The van der Waals surface area contributed by atoms with Crippen LogP contribution in [0.15, 0.2) is 30.3 Å². The normalized spacial score (nSPS) is 40.3. The van der Waals surface area contributed by atoms with Gasteiger partial charge in [0.2, 0.25) is 0 Å². The van der Waals surface area contributed by atoms with Crippen LogP contribution in [0, 0.1) is 46.3 Å². The Hall–Kier alpha value is -2.10. The molecular formula is C30H38O4. The largest absolute Gasteiger partial charge is 0.300 e. The summed E-state index contributed by atoms with van der Waals surface area (Å²) in [6.45, 7) is 6.59. The van der Waals surface area contributed by atoms with Gasteiger partial charge in [0.15, 0.2) is 5.78 Å². The minimum atomic E-state index is -0.472. The van der Waals surface area contributed by atoms with Crippen LogP contribution in [0.4, 0.5) is 0 Å². The molecule has 0 heterocycles. The highest BCUT2D eigenvalue weighted by Crippen LogP contribution is 2.66. The van der Waals surface area contributed by atoms with Crippen LogP contribution < -0.4 is 0 Å². The first kappa shape index (κ1) is 23.6. The van der Waals surface area contributed by atoms with E-state index in [4.69, 9.17) is 0 Å². The van der Waals surface area contributed by atoms with Crippen molar-refractivity contribution in [3.05, 3.63) is 35.9 Å². The number of ketones is 4. The van der Waals surface area contributed by atoms with E-state index in [2.05, 4.69) is 20.8 Å². The Morgan fingerprint density at radius 3 is 2.47 bits per heavy atom. The SMILES string of the molecule is CC(CCC(=O)c1ccccc1)C1CCC2C3C(=O)CC4CC(=O)CCC4(C)C3CC(=O)C12C. The predicted molar refractivity (Wildman–Crippen MR) is 130 cm³/mol. The Kier molecular flexibility index (Phi) is 5.93. The Morgan fingerprint density at radius 2 is 1.74 bits per heavy atom. The van der Waals surface area contributed by atoms with Crippen LogP contribution in [-0.4, -0.2) is 23.1 Å². The summed E-state index contributed by atoms with van der Waals surface area (Å²) in [6, 6.07) is 9.44. The maximum absolute atomic E-state index is 13.9. The van der Waals surface area contributed by atoms with E-state index in [1.54, 1.807) is 0 Å². The number of rotatable bonds is 5.